The van der Waals surface area contributed by atoms with Crippen molar-refractivity contribution in [2.75, 3.05) is 19.8 Å². The van der Waals surface area contributed by atoms with E-state index in [0.29, 0.717) is 0 Å². The summed E-state index contributed by atoms with van der Waals surface area (Å²) in [7, 11) is 3.94. The minimum absolute atomic E-state index is 0.809. The van der Waals surface area contributed by atoms with Gasteiger partial charge >= 0.3 is 0 Å². The van der Waals surface area contributed by atoms with Crippen molar-refractivity contribution in [3.05, 3.63) is 29.8 Å². The van der Waals surface area contributed by atoms with E-state index in [1.807, 2.05) is 43.4 Å². The van der Waals surface area contributed by atoms with Gasteiger partial charge in [-0.2, -0.15) is 0 Å². The Bertz CT molecular complexity index is 228. The van der Waals surface area contributed by atoms with Crippen LogP contribution < -0.4 is 11.2 Å². The van der Waals surface area contributed by atoms with E-state index in [-0.39, 0.29) is 0 Å². The Labute approximate surface area is 73.1 Å². The molecule has 0 aliphatic rings. The summed E-state index contributed by atoms with van der Waals surface area (Å²) >= 11 is 0. The van der Waals surface area contributed by atoms with Crippen molar-refractivity contribution >= 4 is 5.69 Å². The molecule has 66 valence electrons. The second-order valence-electron chi connectivity index (χ2n) is 2.97. The molecule has 0 unspecified atom stereocenters. The summed E-state index contributed by atoms with van der Waals surface area (Å²) in [6.07, 6.45) is 0. The third-order valence-corrected chi connectivity index (χ3v) is 1.58. The zero-order valence-corrected chi connectivity index (χ0v) is 7.54. The second kappa shape index (κ2) is 4.09. The van der Waals surface area contributed by atoms with Crippen LogP contribution in [-0.4, -0.2) is 19.1 Å². The first kappa shape index (κ1) is 9.03. The van der Waals surface area contributed by atoms with E-state index < -0.39 is 0 Å². The van der Waals surface area contributed by atoms with Crippen LogP contribution in [0.1, 0.15) is 5.56 Å². The molecule has 12 heavy (non-hydrogen) atoms. The van der Waals surface area contributed by atoms with Gasteiger partial charge in [-0.1, -0.05) is 12.1 Å². The lowest BCUT2D eigenvalue weighted by molar-refractivity contribution is 0.286. The number of benzene rings is 1. The quantitative estimate of drug-likeness (QED) is 0.515. The van der Waals surface area contributed by atoms with Crippen LogP contribution in [0.3, 0.4) is 0 Å². The van der Waals surface area contributed by atoms with Crippen LogP contribution in [0.4, 0.5) is 5.69 Å². The Morgan fingerprint density at radius 1 is 1.25 bits per heavy atom. The minimum atomic E-state index is 0.809. The van der Waals surface area contributed by atoms with Crippen LogP contribution >= 0.6 is 0 Å². The predicted molar refractivity (Wildman–Crippen MR) is 51.4 cm³/mol. The highest BCUT2D eigenvalue weighted by Gasteiger charge is 1.92. The molecule has 0 aromatic heterocycles. The molecule has 0 spiro atoms. The largest absolute Gasteiger partial charge is 0.399 e. The molecule has 0 aliphatic carbocycles. The fourth-order valence-corrected chi connectivity index (χ4v) is 0.885. The summed E-state index contributed by atoms with van der Waals surface area (Å²) in [4.78, 5) is 0. The predicted octanol–water partition coefficient (Wildman–Crippen LogP) is 0.835. The molecule has 0 amide bonds. The standard InChI is InChI=1S/C9H15N3/c1-12(2)11-7-8-3-5-9(10)6-4-8/h3-6,11H,7,10H2,1-2H3. The molecule has 3 heteroatoms. The van der Waals surface area contributed by atoms with E-state index in [1.54, 1.807) is 0 Å². The summed E-state index contributed by atoms with van der Waals surface area (Å²) in [5.74, 6) is 0. The van der Waals surface area contributed by atoms with Crippen molar-refractivity contribution in [3.63, 3.8) is 0 Å². The minimum Gasteiger partial charge on any atom is -0.399 e. The van der Waals surface area contributed by atoms with Gasteiger partial charge in [0, 0.05) is 26.3 Å². The third kappa shape index (κ3) is 2.90. The maximum absolute atomic E-state index is 5.55. The second-order valence-corrected chi connectivity index (χ2v) is 2.97. The number of anilines is 1. The lowest BCUT2D eigenvalue weighted by Crippen LogP contribution is -2.29. The van der Waals surface area contributed by atoms with Gasteiger partial charge in [0.25, 0.3) is 0 Å². The summed E-state index contributed by atoms with van der Waals surface area (Å²) in [5, 5.41) is 1.93. The molecule has 0 saturated heterocycles. The van der Waals surface area contributed by atoms with Gasteiger partial charge in [-0.3, -0.25) is 10.4 Å². The Hall–Kier alpha value is -1.06. The first-order chi connectivity index (χ1) is 5.68. The highest BCUT2D eigenvalue weighted by atomic mass is 15.5. The van der Waals surface area contributed by atoms with Gasteiger partial charge in [0.2, 0.25) is 0 Å². The number of hydrogen-bond acceptors (Lipinski definition) is 3. The zero-order chi connectivity index (χ0) is 8.97. The molecule has 3 N–H and O–H groups in total. The topological polar surface area (TPSA) is 41.3 Å². The maximum Gasteiger partial charge on any atom is 0.0353 e. The molecule has 0 fully saturated rings. The Balaban J connectivity index is 2.48. The van der Waals surface area contributed by atoms with E-state index in [9.17, 15) is 0 Å². The number of nitrogens with zero attached hydrogens (tertiary/aromatic N) is 1. The van der Waals surface area contributed by atoms with Crippen molar-refractivity contribution in [2.45, 2.75) is 6.54 Å². The molecule has 0 aliphatic heterocycles. The first-order valence-corrected chi connectivity index (χ1v) is 3.94. The average Bonchev–Trinajstić information content (AvgIpc) is 2.03. The fraction of sp³-hybridized carbons (Fsp3) is 0.333. The number of nitrogen functional groups attached to an aromatic ring is 1. The summed E-state index contributed by atoms with van der Waals surface area (Å²) in [6, 6.07) is 7.86. The monoisotopic (exact) mass is 165 g/mol. The van der Waals surface area contributed by atoms with Crippen molar-refractivity contribution < 1.29 is 0 Å². The van der Waals surface area contributed by atoms with Crippen molar-refractivity contribution in [3.8, 4) is 0 Å². The lowest BCUT2D eigenvalue weighted by atomic mass is 10.2. The molecule has 0 atom stereocenters. The van der Waals surface area contributed by atoms with Crippen molar-refractivity contribution in [1.82, 2.24) is 10.4 Å². The first-order valence-electron chi connectivity index (χ1n) is 3.94. The van der Waals surface area contributed by atoms with Gasteiger partial charge in [-0.25, -0.2) is 0 Å². The van der Waals surface area contributed by atoms with Crippen LogP contribution in [0.5, 0.6) is 0 Å². The summed E-state index contributed by atoms with van der Waals surface area (Å²) < 4.78 is 0. The van der Waals surface area contributed by atoms with Gasteiger partial charge in [-0.15, -0.1) is 0 Å². The van der Waals surface area contributed by atoms with Crippen molar-refractivity contribution in [1.29, 1.82) is 0 Å². The van der Waals surface area contributed by atoms with Crippen LogP contribution in [0, 0.1) is 0 Å². The molecule has 0 radical (unpaired) electrons. The number of hydrogen-bond donors (Lipinski definition) is 2. The van der Waals surface area contributed by atoms with Crippen LogP contribution in [0.15, 0.2) is 24.3 Å². The molecule has 1 aromatic rings. The Morgan fingerprint density at radius 2 is 1.83 bits per heavy atom. The molecule has 0 saturated carbocycles. The summed E-state index contributed by atoms with van der Waals surface area (Å²) in [5.41, 5.74) is 10.8. The summed E-state index contributed by atoms with van der Waals surface area (Å²) in [6.45, 7) is 0.841. The highest BCUT2D eigenvalue weighted by Crippen LogP contribution is 2.04. The van der Waals surface area contributed by atoms with E-state index in [1.165, 1.54) is 5.56 Å². The Morgan fingerprint density at radius 3 is 2.33 bits per heavy atom. The third-order valence-electron chi connectivity index (χ3n) is 1.58. The number of rotatable bonds is 3. The molecular weight excluding hydrogens is 150 g/mol. The maximum atomic E-state index is 5.55. The molecule has 3 nitrogen and oxygen atoms in total. The molecule has 1 rings (SSSR count). The van der Waals surface area contributed by atoms with E-state index >= 15 is 0 Å². The van der Waals surface area contributed by atoms with Gasteiger partial charge in [0.05, 0.1) is 0 Å². The number of hydrazine groups is 1. The molecule has 0 heterocycles. The SMILES string of the molecule is CN(C)NCc1ccc(N)cc1. The lowest BCUT2D eigenvalue weighted by Gasteiger charge is -2.11. The zero-order valence-electron chi connectivity index (χ0n) is 7.54. The van der Waals surface area contributed by atoms with Gasteiger partial charge in [0.1, 0.15) is 0 Å². The average molecular weight is 165 g/mol. The normalized spacial score (nSPS) is 10.6. The van der Waals surface area contributed by atoms with Crippen LogP contribution in [-0.2, 0) is 6.54 Å². The molecular formula is C9H15N3. The smallest absolute Gasteiger partial charge is 0.0353 e. The fourth-order valence-electron chi connectivity index (χ4n) is 0.885. The number of nitrogens with one attached hydrogen (secondary N) is 1. The molecule has 1 aromatic carbocycles. The van der Waals surface area contributed by atoms with E-state index in [4.69, 9.17) is 5.73 Å². The Kier molecular flexibility index (Phi) is 3.08. The number of nitrogens with two attached hydrogens (primary N) is 1. The van der Waals surface area contributed by atoms with Crippen molar-refractivity contribution in [2.24, 2.45) is 0 Å². The van der Waals surface area contributed by atoms with E-state index in [2.05, 4.69) is 5.43 Å². The highest BCUT2D eigenvalue weighted by molar-refractivity contribution is 5.39. The van der Waals surface area contributed by atoms with Gasteiger partial charge < -0.3 is 5.73 Å². The van der Waals surface area contributed by atoms with E-state index in [0.717, 1.165) is 12.2 Å². The molecule has 0 bridgehead atoms. The van der Waals surface area contributed by atoms with Crippen LogP contribution in [0.2, 0.25) is 0 Å². The van der Waals surface area contributed by atoms with Gasteiger partial charge in [-0.05, 0) is 17.7 Å². The van der Waals surface area contributed by atoms with Crippen LogP contribution in [0.25, 0.3) is 0 Å². The van der Waals surface area contributed by atoms with Gasteiger partial charge in [0.15, 0.2) is 0 Å².